The molecule has 1 saturated heterocycles. The van der Waals surface area contributed by atoms with Gasteiger partial charge in [-0.3, -0.25) is 4.79 Å². The highest BCUT2D eigenvalue weighted by Gasteiger charge is 2.28. The summed E-state index contributed by atoms with van der Waals surface area (Å²) in [5.74, 6) is -0.146. The highest BCUT2D eigenvalue weighted by Crippen LogP contribution is 2.24. The van der Waals surface area contributed by atoms with Crippen LogP contribution in [-0.4, -0.2) is 50.0 Å². The van der Waals surface area contributed by atoms with Gasteiger partial charge in [0, 0.05) is 13.1 Å². The van der Waals surface area contributed by atoms with Crippen LogP contribution in [0.5, 0.6) is 5.75 Å². The van der Waals surface area contributed by atoms with Crippen molar-refractivity contribution in [2.45, 2.75) is 25.9 Å². The number of aliphatic hydroxyl groups is 1. The topological polar surface area (TPSA) is 78.6 Å². The van der Waals surface area contributed by atoms with Crippen LogP contribution in [-0.2, 0) is 0 Å². The maximum absolute atomic E-state index is 12.6. The van der Waals surface area contributed by atoms with Crippen LogP contribution in [0.2, 0.25) is 0 Å². The maximum Gasteiger partial charge on any atom is 0.278 e. The standard InChI is InChI=1S/C17H21N3O3/c1-12(21)13-7-9-19(10-8-13)17(23)16-15(22)11-20(18-16)14-5-3-2-4-6-14/h2-6,11-13,21-22H,7-10H2,1H3. The van der Waals surface area contributed by atoms with E-state index in [0.29, 0.717) is 13.1 Å². The second-order valence-electron chi connectivity index (χ2n) is 6.01. The smallest absolute Gasteiger partial charge is 0.278 e. The van der Waals surface area contributed by atoms with Crippen LogP contribution < -0.4 is 0 Å². The van der Waals surface area contributed by atoms with Gasteiger partial charge in [-0.15, -0.1) is 0 Å². The molecule has 0 radical (unpaired) electrons. The van der Waals surface area contributed by atoms with Crippen molar-refractivity contribution in [3.05, 3.63) is 42.2 Å². The summed E-state index contributed by atoms with van der Waals surface area (Å²) < 4.78 is 1.51. The monoisotopic (exact) mass is 315 g/mol. The molecule has 1 aliphatic heterocycles. The highest BCUT2D eigenvalue weighted by molar-refractivity contribution is 5.94. The minimum atomic E-state index is -0.349. The van der Waals surface area contributed by atoms with Gasteiger partial charge in [0.25, 0.3) is 5.91 Å². The largest absolute Gasteiger partial charge is 0.504 e. The van der Waals surface area contributed by atoms with E-state index in [-0.39, 0.29) is 29.4 Å². The fourth-order valence-corrected chi connectivity index (χ4v) is 2.96. The van der Waals surface area contributed by atoms with Crippen molar-refractivity contribution in [3.63, 3.8) is 0 Å². The molecule has 1 amide bonds. The number of aromatic hydroxyl groups is 1. The van der Waals surface area contributed by atoms with Gasteiger partial charge in [0.15, 0.2) is 11.4 Å². The molecule has 3 rings (SSSR count). The molecule has 1 aromatic heterocycles. The Morgan fingerprint density at radius 2 is 1.91 bits per heavy atom. The summed E-state index contributed by atoms with van der Waals surface area (Å²) in [6.07, 6.45) is 2.64. The third-order valence-corrected chi connectivity index (χ3v) is 4.43. The molecule has 1 aromatic carbocycles. The molecule has 0 saturated carbocycles. The molecule has 2 N–H and O–H groups in total. The van der Waals surface area contributed by atoms with E-state index < -0.39 is 0 Å². The average Bonchev–Trinajstić information content (AvgIpc) is 2.97. The minimum absolute atomic E-state index is 0.0735. The summed E-state index contributed by atoms with van der Waals surface area (Å²) in [5, 5.41) is 23.9. The van der Waals surface area contributed by atoms with Crippen LogP contribution in [0, 0.1) is 5.92 Å². The Bertz CT molecular complexity index is 674. The number of aliphatic hydroxyl groups excluding tert-OH is 1. The Labute approximate surface area is 135 Å². The molecular formula is C17H21N3O3. The minimum Gasteiger partial charge on any atom is -0.504 e. The Balaban J connectivity index is 1.75. The first-order chi connectivity index (χ1) is 11.1. The number of para-hydroxylation sites is 1. The number of aromatic nitrogens is 2. The first-order valence-corrected chi connectivity index (χ1v) is 7.87. The molecule has 0 bridgehead atoms. The fourth-order valence-electron chi connectivity index (χ4n) is 2.96. The lowest BCUT2D eigenvalue weighted by Crippen LogP contribution is -2.41. The number of hydrogen-bond acceptors (Lipinski definition) is 4. The lowest BCUT2D eigenvalue weighted by molar-refractivity contribution is 0.0514. The molecule has 1 fully saturated rings. The van der Waals surface area contributed by atoms with E-state index in [0.717, 1.165) is 18.5 Å². The number of rotatable bonds is 3. The number of carbonyl (C=O) groups is 1. The number of benzene rings is 1. The third-order valence-electron chi connectivity index (χ3n) is 4.43. The first-order valence-electron chi connectivity index (χ1n) is 7.87. The van der Waals surface area contributed by atoms with Crippen LogP contribution in [0.25, 0.3) is 5.69 Å². The van der Waals surface area contributed by atoms with E-state index in [1.807, 2.05) is 30.3 Å². The molecule has 1 atom stereocenters. The van der Waals surface area contributed by atoms with Gasteiger partial charge in [0.2, 0.25) is 0 Å². The molecule has 2 aromatic rings. The number of amides is 1. The lowest BCUT2D eigenvalue weighted by Gasteiger charge is -2.32. The number of nitrogens with zero attached hydrogens (tertiary/aromatic N) is 3. The number of piperidine rings is 1. The molecule has 2 heterocycles. The second-order valence-corrected chi connectivity index (χ2v) is 6.01. The predicted octanol–water partition coefficient (Wildman–Crippen LogP) is 1.81. The predicted molar refractivity (Wildman–Crippen MR) is 85.5 cm³/mol. The number of carbonyl (C=O) groups excluding carboxylic acids is 1. The summed E-state index contributed by atoms with van der Waals surface area (Å²) in [4.78, 5) is 14.3. The van der Waals surface area contributed by atoms with Crippen molar-refractivity contribution in [1.29, 1.82) is 0 Å². The summed E-state index contributed by atoms with van der Waals surface area (Å²) in [5.41, 5.74) is 0.860. The van der Waals surface area contributed by atoms with Crippen molar-refractivity contribution in [3.8, 4) is 11.4 Å². The Hall–Kier alpha value is -2.34. The third kappa shape index (κ3) is 3.22. The van der Waals surface area contributed by atoms with Crippen LogP contribution >= 0.6 is 0 Å². The molecule has 6 nitrogen and oxygen atoms in total. The van der Waals surface area contributed by atoms with Crippen molar-refractivity contribution in [1.82, 2.24) is 14.7 Å². The summed E-state index contributed by atoms with van der Waals surface area (Å²) in [6.45, 7) is 2.94. The second kappa shape index (κ2) is 6.42. The van der Waals surface area contributed by atoms with Gasteiger partial charge in [-0.1, -0.05) is 18.2 Å². The summed E-state index contributed by atoms with van der Waals surface area (Å²) in [6, 6.07) is 9.35. The first kappa shape index (κ1) is 15.6. The van der Waals surface area contributed by atoms with Gasteiger partial charge in [0.1, 0.15) is 0 Å². The van der Waals surface area contributed by atoms with Gasteiger partial charge in [-0.25, -0.2) is 4.68 Å². The van der Waals surface area contributed by atoms with Gasteiger partial charge < -0.3 is 15.1 Å². The van der Waals surface area contributed by atoms with Crippen LogP contribution in [0.3, 0.4) is 0 Å². The molecule has 122 valence electrons. The number of hydrogen-bond donors (Lipinski definition) is 2. The SMILES string of the molecule is CC(O)C1CCN(C(=O)c2nn(-c3ccccc3)cc2O)CC1. The van der Waals surface area contributed by atoms with Crippen LogP contribution in [0.4, 0.5) is 0 Å². The Morgan fingerprint density at radius 3 is 2.52 bits per heavy atom. The average molecular weight is 315 g/mol. The van der Waals surface area contributed by atoms with E-state index in [1.54, 1.807) is 11.8 Å². The molecular weight excluding hydrogens is 294 g/mol. The Kier molecular flexibility index (Phi) is 4.34. The molecule has 6 heteroatoms. The zero-order chi connectivity index (χ0) is 16.4. The zero-order valence-corrected chi connectivity index (χ0v) is 13.1. The summed E-state index contributed by atoms with van der Waals surface area (Å²) in [7, 11) is 0. The van der Waals surface area contributed by atoms with Gasteiger partial charge >= 0.3 is 0 Å². The molecule has 1 unspecified atom stereocenters. The molecule has 1 aliphatic rings. The van der Waals surface area contributed by atoms with Crippen molar-refractivity contribution in [2.24, 2.45) is 5.92 Å². The lowest BCUT2D eigenvalue weighted by atomic mass is 9.92. The van der Waals surface area contributed by atoms with Crippen molar-refractivity contribution >= 4 is 5.91 Å². The van der Waals surface area contributed by atoms with E-state index in [2.05, 4.69) is 5.10 Å². The van der Waals surface area contributed by atoms with Crippen molar-refractivity contribution in [2.75, 3.05) is 13.1 Å². The van der Waals surface area contributed by atoms with E-state index in [4.69, 9.17) is 0 Å². The van der Waals surface area contributed by atoms with Gasteiger partial charge in [0.05, 0.1) is 18.0 Å². The molecule has 0 spiro atoms. The van der Waals surface area contributed by atoms with Crippen LogP contribution in [0.1, 0.15) is 30.3 Å². The molecule has 0 aliphatic carbocycles. The summed E-state index contributed by atoms with van der Waals surface area (Å²) >= 11 is 0. The van der Waals surface area contributed by atoms with E-state index >= 15 is 0 Å². The zero-order valence-electron chi connectivity index (χ0n) is 13.1. The maximum atomic E-state index is 12.6. The van der Waals surface area contributed by atoms with Crippen LogP contribution in [0.15, 0.2) is 36.5 Å². The molecule has 23 heavy (non-hydrogen) atoms. The van der Waals surface area contributed by atoms with Gasteiger partial charge in [-0.05, 0) is 37.8 Å². The van der Waals surface area contributed by atoms with E-state index in [9.17, 15) is 15.0 Å². The fraction of sp³-hybridized carbons (Fsp3) is 0.412. The quantitative estimate of drug-likeness (QED) is 0.905. The van der Waals surface area contributed by atoms with Gasteiger partial charge in [-0.2, -0.15) is 5.10 Å². The number of likely N-dealkylation sites (tertiary alicyclic amines) is 1. The van der Waals surface area contributed by atoms with Crippen molar-refractivity contribution < 1.29 is 15.0 Å². The highest BCUT2D eigenvalue weighted by atomic mass is 16.3. The Morgan fingerprint density at radius 1 is 1.26 bits per heavy atom. The van der Waals surface area contributed by atoms with E-state index in [1.165, 1.54) is 10.9 Å². The normalized spacial score (nSPS) is 17.2.